The molecule has 2 rings (SSSR count). The van der Waals surface area contributed by atoms with Crippen molar-refractivity contribution in [3.8, 4) is 11.1 Å². The van der Waals surface area contributed by atoms with Gasteiger partial charge in [0.05, 0.1) is 11.1 Å². The number of carboxylic acids is 1. The van der Waals surface area contributed by atoms with Crippen molar-refractivity contribution in [1.29, 1.82) is 0 Å². The zero-order valence-electron chi connectivity index (χ0n) is 9.88. The zero-order valence-corrected chi connectivity index (χ0v) is 9.88. The normalized spacial score (nSPS) is 10.5. The van der Waals surface area contributed by atoms with Gasteiger partial charge in [-0.05, 0) is 24.6 Å². The molecule has 0 unspecified atom stereocenters. The Kier molecular flexibility index (Phi) is 3.29. The van der Waals surface area contributed by atoms with Crippen molar-refractivity contribution in [3.63, 3.8) is 0 Å². The average Bonchev–Trinajstić information content (AvgIpc) is 2.36. The van der Waals surface area contributed by atoms with Gasteiger partial charge in [-0.15, -0.1) is 0 Å². The van der Waals surface area contributed by atoms with Gasteiger partial charge >= 0.3 is 5.97 Å². The van der Waals surface area contributed by atoms with Crippen LogP contribution in [-0.2, 0) is 0 Å². The standard InChI is InChI=1S/C14H9F3O2/c1-7-5-6-10(15)11(12(7)16)8-3-2-4-9(13(8)17)14(18)19/h2-6H,1H3,(H,18,19). The summed E-state index contributed by atoms with van der Waals surface area (Å²) >= 11 is 0. The van der Waals surface area contributed by atoms with Gasteiger partial charge in [0, 0.05) is 5.56 Å². The molecule has 0 amide bonds. The van der Waals surface area contributed by atoms with Crippen LogP contribution in [0.15, 0.2) is 30.3 Å². The van der Waals surface area contributed by atoms with E-state index >= 15 is 0 Å². The van der Waals surface area contributed by atoms with Crippen LogP contribution in [-0.4, -0.2) is 11.1 Å². The van der Waals surface area contributed by atoms with E-state index in [1.165, 1.54) is 19.1 Å². The molecular formula is C14H9F3O2. The van der Waals surface area contributed by atoms with E-state index in [1.54, 1.807) is 0 Å². The number of hydrogen-bond acceptors (Lipinski definition) is 1. The molecule has 19 heavy (non-hydrogen) atoms. The zero-order chi connectivity index (χ0) is 14.2. The quantitative estimate of drug-likeness (QED) is 0.898. The minimum absolute atomic E-state index is 0.150. The lowest BCUT2D eigenvalue weighted by atomic mass is 9.99. The summed E-state index contributed by atoms with van der Waals surface area (Å²) in [5.74, 6) is -4.49. The molecule has 0 bridgehead atoms. The third-order valence-electron chi connectivity index (χ3n) is 2.78. The Morgan fingerprint density at radius 1 is 1.05 bits per heavy atom. The lowest BCUT2D eigenvalue weighted by molar-refractivity contribution is 0.0692. The molecule has 2 aromatic rings. The van der Waals surface area contributed by atoms with Gasteiger partial charge in [0.25, 0.3) is 0 Å². The molecule has 0 saturated heterocycles. The van der Waals surface area contributed by atoms with Crippen molar-refractivity contribution in [1.82, 2.24) is 0 Å². The van der Waals surface area contributed by atoms with Crippen LogP contribution in [0.3, 0.4) is 0 Å². The van der Waals surface area contributed by atoms with Crippen molar-refractivity contribution in [3.05, 3.63) is 58.9 Å². The molecule has 2 nitrogen and oxygen atoms in total. The predicted molar refractivity (Wildman–Crippen MR) is 63.4 cm³/mol. The molecule has 0 aliphatic rings. The molecule has 98 valence electrons. The Hall–Kier alpha value is -2.30. The first-order valence-electron chi connectivity index (χ1n) is 5.40. The summed E-state index contributed by atoms with van der Waals surface area (Å²) < 4.78 is 41.6. The van der Waals surface area contributed by atoms with E-state index in [-0.39, 0.29) is 5.56 Å². The number of carbonyl (C=O) groups is 1. The van der Waals surface area contributed by atoms with Gasteiger partial charge in [-0.2, -0.15) is 0 Å². The maximum atomic E-state index is 14.0. The van der Waals surface area contributed by atoms with E-state index in [9.17, 15) is 18.0 Å². The molecule has 0 atom stereocenters. The SMILES string of the molecule is Cc1ccc(F)c(-c2cccc(C(=O)O)c2F)c1F. The summed E-state index contributed by atoms with van der Waals surface area (Å²) in [4.78, 5) is 10.8. The van der Waals surface area contributed by atoms with Crippen molar-refractivity contribution in [2.45, 2.75) is 6.92 Å². The van der Waals surface area contributed by atoms with Crippen LogP contribution < -0.4 is 0 Å². The van der Waals surface area contributed by atoms with Crippen LogP contribution in [0.4, 0.5) is 13.2 Å². The van der Waals surface area contributed by atoms with E-state index in [2.05, 4.69) is 0 Å². The molecule has 2 aromatic carbocycles. The lowest BCUT2D eigenvalue weighted by Crippen LogP contribution is -2.03. The number of aryl methyl sites for hydroxylation is 1. The molecule has 0 aromatic heterocycles. The summed E-state index contributed by atoms with van der Waals surface area (Å²) in [6.45, 7) is 1.41. The number of carboxylic acid groups (broad SMARTS) is 1. The summed E-state index contributed by atoms with van der Waals surface area (Å²) in [6, 6.07) is 5.66. The highest BCUT2D eigenvalue weighted by molar-refractivity contribution is 5.90. The van der Waals surface area contributed by atoms with Crippen LogP contribution in [0.2, 0.25) is 0 Å². The molecule has 1 N–H and O–H groups in total. The second-order valence-electron chi connectivity index (χ2n) is 4.03. The topological polar surface area (TPSA) is 37.3 Å². The van der Waals surface area contributed by atoms with Gasteiger partial charge in [-0.1, -0.05) is 18.2 Å². The Bertz CT molecular complexity index is 666. The Morgan fingerprint density at radius 2 is 1.74 bits per heavy atom. The van der Waals surface area contributed by atoms with Gasteiger partial charge in [0.1, 0.15) is 17.5 Å². The van der Waals surface area contributed by atoms with E-state index in [0.29, 0.717) is 0 Å². The molecule has 0 aliphatic carbocycles. The second-order valence-corrected chi connectivity index (χ2v) is 4.03. The number of hydrogen-bond donors (Lipinski definition) is 1. The summed E-state index contributed by atoms with van der Waals surface area (Å²) in [5, 5.41) is 8.80. The third kappa shape index (κ3) is 2.19. The van der Waals surface area contributed by atoms with Crippen molar-refractivity contribution in [2.75, 3.05) is 0 Å². The fourth-order valence-electron chi connectivity index (χ4n) is 1.79. The van der Waals surface area contributed by atoms with E-state index in [1.807, 2.05) is 0 Å². The van der Waals surface area contributed by atoms with Gasteiger partial charge in [0.2, 0.25) is 0 Å². The first-order chi connectivity index (χ1) is 8.93. The fraction of sp³-hybridized carbons (Fsp3) is 0.0714. The van der Waals surface area contributed by atoms with Crippen LogP contribution >= 0.6 is 0 Å². The molecule has 0 spiro atoms. The number of halogens is 3. The average molecular weight is 266 g/mol. The highest BCUT2D eigenvalue weighted by Crippen LogP contribution is 2.31. The minimum atomic E-state index is -1.49. The Balaban J connectivity index is 2.77. The molecule has 0 heterocycles. The first kappa shape index (κ1) is 13.1. The number of aromatic carboxylic acids is 1. The van der Waals surface area contributed by atoms with E-state index < -0.39 is 40.1 Å². The van der Waals surface area contributed by atoms with Crippen LogP contribution in [0.5, 0.6) is 0 Å². The largest absolute Gasteiger partial charge is 0.478 e. The molecule has 0 fully saturated rings. The molecular weight excluding hydrogens is 257 g/mol. The molecule has 5 heteroatoms. The summed E-state index contributed by atoms with van der Waals surface area (Å²) in [7, 11) is 0. The number of rotatable bonds is 2. The number of benzene rings is 2. The van der Waals surface area contributed by atoms with Crippen LogP contribution in [0, 0.1) is 24.4 Å². The maximum absolute atomic E-state index is 14.0. The first-order valence-corrected chi connectivity index (χ1v) is 5.40. The molecule has 0 aliphatic heterocycles. The summed E-state index contributed by atoms with van der Waals surface area (Å²) in [6.07, 6.45) is 0. The van der Waals surface area contributed by atoms with Gasteiger partial charge in [0.15, 0.2) is 0 Å². The van der Waals surface area contributed by atoms with Crippen LogP contribution in [0.1, 0.15) is 15.9 Å². The predicted octanol–water partition coefficient (Wildman–Crippen LogP) is 3.78. The lowest BCUT2D eigenvalue weighted by Gasteiger charge is -2.09. The van der Waals surface area contributed by atoms with Crippen molar-refractivity contribution in [2.24, 2.45) is 0 Å². The van der Waals surface area contributed by atoms with E-state index in [4.69, 9.17) is 5.11 Å². The van der Waals surface area contributed by atoms with Crippen LogP contribution in [0.25, 0.3) is 11.1 Å². The monoisotopic (exact) mass is 266 g/mol. The highest BCUT2D eigenvalue weighted by atomic mass is 19.1. The van der Waals surface area contributed by atoms with Crippen molar-refractivity contribution < 1.29 is 23.1 Å². The van der Waals surface area contributed by atoms with Crippen molar-refractivity contribution >= 4 is 5.97 Å². The molecule has 0 radical (unpaired) electrons. The Morgan fingerprint density at radius 3 is 2.37 bits per heavy atom. The molecule has 0 saturated carbocycles. The third-order valence-corrected chi connectivity index (χ3v) is 2.78. The van der Waals surface area contributed by atoms with Gasteiger partial charge in [-0.25, -0.2) is 18.0 Å². The maximum Gasteiger partial charge on any atom is 0.338 e. The minimum Gasteiger partial charge on any atom is -0.478 e. The highest BCUT2D eigenvalue weighted by Gasteiger charge is 2.20. The smallest absolute Gasteiger partial charge is 0.338 e. The Labute approximate surface area is 107 Å². The second kappa shape index (κ2) is 4.76. The fourth-order valence-corrected chi connectivity index (χ4v) is 1.79. The van der Waals surface area contributed by atoms with E-state index in [0.717, 1.165) is 18.2 Å². The summed E-state index contributed by atoms with van der Waals surface area (Å²) in [5.41, 5.74) is -1.44. The van der Waals surface area contributed by atoms with Gasteiger partial charge < -0.3 is 5.11 Å². The van der Waals surface area contributed by atoms with Gasteiger partial charge in [-0.3, -0.25) is 0 Å².